The number of hydrogen-bond acceptors (Lipinski definition) is 4. The van der Waals surface area contributed by atoms with Gasteiger partial charge in [0, 0.05) is 66.0 Å². The average Bonchev–Trinajstić information content (AvgIpc) is 3.52. The van der Waals surface area contributed by atoms with Gasteiger partial charge in [-0.2, -0.15) is 0 Å². The Kier molecular flexibility index (Phi) is 6.70. The molecule has 2 heterocycles. The molecule has 3 aromatic carbocycles. The van der Waals surface area contributed by atoms with Crippen molar-refractivity contribution in [2.24, 2.45) is 0 Å². The molecule has 0 spiro atoms. The number of hydrogen-bond donors (Lipinski definition) is 3. The Morgan fingerprint density at radius 3 is 2.29 bits per heavy atom. The molecule has 7 nitrogen and oxygen atoms in total. The van der Waals surface area contributed by atoms with Gasteiger partial charge in [-0.25, -0.2) is 10.5 Å². The smallest absolute Gasteiger partial charge is 0.267 e. The first-order valence-electron chi connectivity index (χ1n) is 11.6. The number of para-hydroxylation sites is 2. The van der Waals surface area contributed by atoms with Crippen LogP contribution in [0.25, 0.3) is 27.9 Å². The van der Waals surface area contributed by atoms with Gasteiger partial charge in [-0.1, -0.05) is 60.7 Å². The molecule has 3 N–H and O–H groups in total. The van der Waals surface area contributed by atoms with Crippen LogP contribution in [0.4, 0.5) is 0 Å². The molecule has 0 unspecified atom stereocenters. The summed E-state index contributed by atoms with van der Waals surface area (Å²) in [6.45, 7) is 3.26. The highest BCUT2D eigenvalue weighted by Crippen LogP contribution is 2.28. The number of nitrogens with zero attached hydrogens (tertiary/aromatic N) is 3. The number of benzene rings is 3. The maximum atomic E-state index is 11.2. The molecule has 5 rings (SSSR count). The summed E-state index contributed by atoms with van der Waals surface area (Å²) in [7, 11) is 0. The fourth-order valence-corrected chi connectivity index (χ4v) is 4.51. The molecule has 0 fully saturated rings. The van der Waals surface area contributed by atoms with Crippen LogP contribution in [0.15, 0.2) is 91.4 Å². The Morgan fingerprint density at radius 2 is 1.66 bits per heavy atom. The Balaban J connectivity index is 1.36. The number of carbonyl (C=O) groups is 1. The average molecular weight is 466 g/mol. The minimum atomic E-state index is -0.551. The van der Waals surface area contributed by atoms with E-state index in [-0.39, 0.29) is 0 Å². The zero-order valence-electron chi connectivity index (χ0n) is 19.3. The van der Waals surface area contributed by atoms with Gasteiger partial charge >= 0.3 is 0 Å². The molecule has 0 aliphatic rings. The van der Waals surface area contributed by atoms with Crippen LogP contribution in [0.5, 0.6) is 0 Å². The summed E-state index contributed by atoms with van der Waals surface area (Å²) >= 11 is 0. The second-order valence-corrected chi connectivity index (χ2v) is 8.52. The molecule has 0 bridgehead atoms. The van der Waals surface area contributed by atoms with Gasteiger partial charge in [-0.3, -0.25) is 14.9 Å². The highest BCUT2D eigenvalue weighted by Gasteiger charge is 2.13. The summed E-state index contributed by atoms with van der Waals surface area (Å²) in [5.41, 5.74) is 7.23. The quantitative estimate of drug-likeness (QED) is 0.167. The summed E-state index contributed by atoms with van der Waals surface area (Å²) in [5, 5.41) is 11.2. The van der Waals surface area contributed by atoms with Crippen molar-refractivity contribution in [2.75, 3.05) is 6.54 Å². The molecule has 7 heteroatoms. The minimum absolute atomic E-state index is 0.551. The first kappa shape index (κ1) is 22.6. The molecule has 1 amide bonds. The molecule has 176 valence electrons. The van der Waals surface area contributed by atoms with Gasteiger partial charge in [0.25, 0.3) is 5.91 Å². The number of rotatable bonds is 9. The summed E-state index contributed by atoms with van der Waals surface area (Å²) in [6, 6.07) is 25.2. The number of aromatic nitrogens is 3. The fourth-order valence-electron chi connectivity index (χ4n) is 4.51. The standard InChI is InChI=1S/C28H27N5O2/c34-28(31-35)14-13-21-9-11-22(12-10-21)18-32(19-23-17-29-20-30-23)15-16-33-26-7-3-1-5-24(26)25-6-2-4-8-27(25)33/h1-14,17,20,35H,15-16,18-19H2,(H,29,30)(H,31,34). The molecule has 0 aliphatic carbocycles. The number of aromatic amines is 1. The number of amides is 1. The fraction of sp³-hybridized carbons (Fsp3) is 0.143. The normalized spacial score (nSPS) is 11.7. The van der Waals surface area contributed by atoms with Gasteiger partial charge in [0.05, 0.1) is 6.33 Å². The molecule has 35 heavy (non-hydrogen) atoms. The van der Waals surface area contributed by atoms with Crippen LogP contribution in [0.2, 0.25) is 0 Å². The lowest BCUT2D eigenvalue weighted by Gasteiger charge is -2.23. The molecule has 0 atom stereocenters. The Hall–Kier alpha value is -4.20. The van der Waals surface area contributed by atoms with E-state index in [0.717, 1.165) is 37.4 Å². The van der Waals surface area contributed by atoms with Crippen LogP contribution in [-0.4, -0.2) is 37.1 Å². The van der Waals surface area contributed by atoms with Crippen molar-refractivity contribution in [3.8, 4) is 0 Å². The van der Waals surface area contributed by atoms with E-state index in [2.05, 4.69) is 80.1 Å². The van der Waals surface area contributed by atoms with E-state index in [1.807, 2.05) is 18.3 Å². The van der Waals surface area contributed by atoms with E-state index in [9.17, 15) is 4.79 Å². The molecule has 0 radical (unpaired) electrons. The van der Waals surface area contributed by atoms with Crippen molar-refractivity contribution in [3.05, 3.63) is 108 Å². The molecular weight excluding hydrogens is 438 g/mol. The first-order valence-corrected chi connectivity index (χ1v) is 11.6. The molecule has 0 aliphatic heterocycles. The predicted octanol–water partition coefficient (Wildman–Crippen LogP) is 4.74. The van der Waals surface area contributed by atoms with Crippen molar-refractivity contribution in [3.63, 3.8) is 0 Å². The van der Waals surface area contributed by atoms with Crippen LogP contribution in [0, 0.1) is 0 Å². The van der Waals surface area contributed by atoms with E-state index >= 15 is 0 Å². The Bertz CT molecular complexity index is 1400. The van der Waals surface area contributed by atoms with Crippen LogP contribution < -0.4 is 5.48 Å². The van der Waals surface area contributed by atoms with Gasteiger partial charge < -0.3 is 9.55 Å². The first-order chi connectivity index (χ1) is 17.2. The van der Waals surface area contributed by atoms with Crippen molar-refractivity contribution >= 4 is 33.8 Å². The number of fused-ring (bicyclic) bond motifs is 3. The molecule has 0 saturated carbocycles. The van der Waals surface area contributed by atoms with Gasteiger partial charge in [0.1, 0.15) is 0 Å². The van der Waals surface area contributed by atoms with E-state index < -0.39 is 5.91 Å². The zero-order valence-corrected chi connectivity index (χ0v) is 19.3. The summed E-state index contributed by atoms with van der Waals surface area (Å²) in [4.78, 5) is 21.0. The van der Waals surface area contributed by atoms with Crippen molar-refractivity contribution in [2.45, 2.75) is 19.6 Å². The third-order valence-corrected chi connectivity index (χ3v) is 6.19. The third-order valence-electron chi connectivity index (χ3n) is 6.19. The van der Waals surface area contributed by atoms with E-state index in [1.165, 1.54) is 33.4 Å². The minimum Gasteiger partial charge on any atom is -0.347 e. The number of carbonyl (C=O) groups excluding carboxylic acids is 1. The van der Waals surface area contributed by atoms with Gasteiger partial charge in [-0.05, 0) is 29.3 Å². The third kappa shape index (κ3) is 5.16. The van der Waals surface area contributed by atoms with E-state index in [4.69, 9.17) is 5.21 Å². The Morgan fingerprint density at radius 1 is 0.971 bits per heavy atom. The predicted molar refractivity (Wildman–Crippen MR) is 138 cm³/mol. The number of nitrogens with one attached hydrogen (secondary N) is 2. The number of hydroxylamine groups is 1. The van der Waals surface area contributed by atoms with Crippen LogP contribution in [-0.2, 0) is 24.4 Å². The molecule has 0 saturated heterocycles. The molecule has 2 aromatic heterocycles. The van der Waals surface area contributed by atoms with Gasteiger partial charge in [-0.15, -0.1) is 0 Å². The van der Waals surface area contributed by atoms with Gasteiger partial charge in [0.15, 0.2) is 0 Å². The monoisotopic (exact) mass is 465 g/mol. The van der Waals surface area contributed by atoms with Crippen molar-refractivity contribution in [1.29, 1.82) is 0 Å². The largest absolute Gasteiger partial charge is 0.347 e. The van der Waals surface area contributed by atoms with E-state index in [0.29, 0.717) is 0 Å². The van der Waals surface area contributed by atoms with Gasteiger partial charge in [0.2, 0.25) is 0 Å². The van der Waals surface area contributed by atoms with Crippen molar-refractivity contribution in [1.82, 2.24) is 24.9 Å². The second kappa shape index (κ2) is 10.4. The lowest BCUT2D eigenvalue weighted by atomic mass is 10.1. The van der Waals surface area contributed by atoms with Crippen LogP contribution in [0.3, 0.4) is 0 Å². The Labute approximate surface area is 203 Å². The summed E-state index contributed by atoms with van der Waals surface area (Å²) < 4.78 is 2.41. The second-order valence-electron chi connectivity index (χ2n) is 8.52. The number of H-pyrrole nitrogens is 1. The maximum absolute atomic E-state index is 11.2. The molecular formula is C28H27N5O2. The lowest BCUT2D eigenvalue weighted by Crippen LogP contribution is -2.27. The lowest BCUT2D eigenvalue weighted by molar-refractivity contribution is -0.124. The SMILES string of the molecule is O=C(C=Cc1ccc(CN(CCn2c3ccccc3c3ccccc32)Cc2cnc[nH]2)cc1)NO. The van der Waals surface area contributed by atoms with Crippen molar-refractivity contribution < 1.29 is 10.0 Å². The highest BCUT2D eigenvalue weighted by molar-refractivity contribution is 6.07. The van der Waals surface area contributed by atoms with Crippen LogP contribution >= 0.6 is 0 Å². The summed E-state index contributed by atoms with van der Waals surface area (Å²) in [5.74, 6) is -0.551. The summed E-state index contributed by atoms with van der Waals surface area (Å²) in [6.07, 6.45) is 6.54. The zero-order chi connectivity index (χ0) is 24.0. The maximum Gasteiger partial charge on any atom is 0.267 e. The molecule has 5 aromatic rings. The number of imidazole rings is 1. The highest BCUT2D eigenvalue weighted by atomic mass is 16.5. The van der Waals surface area contributed by atoms with E-state index in [1.54, 1.807) is 17.9 Å². The topological polar surface area (TPSA) is 86.2 Å². The van der Waals surface area contributed by atoms with Crippen LogP contribution in [0.1, 0.15) is 16.8 Å².